The molecule has 0 atom stereocenters. The Hall–Kier alpha value is -1.38. The minimum Gasteiger partial charge on any atom is -1.00 e. The average molecular weight is 400 g/mol. The van der Waals surface area contributed by atoms with E-state index in [1.165, 1.54) is 0 Å². The molecule has 2 aliphatic heterocycles. The summed E-state index contributed by atoms with van der Waals surface area (Å²) in [6.45, 7) is 9.46. The summed E-state index contributed by atoms with van der Waals surface area (Å²) in [5.74, 6) is 0.473. The second kappa shape index (κ2) is 12.2. The van der Waals surface area contributed by atoms with E-state index in [4.69, 9.17) is 18.9 Å². The number of esters is 1. The SMILES string of the molecule is O=C(OCCN1CCOCC1)c1ccc(OCCN2CCOCC2)cc1.[Cl-]. The van der Waals surface area contributed by atoms with Gasteiger partial charge in [0.2, 0.25) is 0 Å². The van der Waals surface area contributed by atoms with Crippen molar-refractivity contribution in [2.75, 3.05) is 78.9 Å². The van der Waals surface area contributed by atoms with Crippen LogP contribution in [0.2, 0.25) is 0 Å². The number of ether oxygens (including phenoxy) is 4. The molecule has 0 radical (unpaired) electrons. The van der Waals surface area contributed by atoms with Crippen molar-refractivity contribution in [1.29, 1.82) is 0 Å². The maximum absolute atomic E-state index is 12.1. The number of nitrogens with zero attached hydrogens (tertiary/aromatic N) is 2. The van der Waals surface area contributed by atoms with Gasteiger partial charge in [-0.3, -0.25) is 9.80 Å². The summed E-state index contributed by atoms with van der Waals surface area (Å²) in [7, 11) is 0. The van der Waals surface area contributed by atoms with Gasteiger partial charge in [-0.25, -0.2) is 4.79 Å². The van der Waals surface area contributed by atoms with Crippen molar-refractivity contribution in [2.45, 2.75) is 0 Å². The van der Waals surface area contributed by atoms with Crippen molar-refractivity contribution in [3.63, 3.8) is 0 Å². The van der Waals surface area contributed by atoms with Gasteiger partial charge >= 0.3 is 5.97 Å². The molecular weight excluding hydrogens is 372 g/mol. The van der Waals surface area contributed by atoms with Crippen LogP contribution >= 0.6 is 0 Å². The van der Waals surface area contributed by atoms with Gasteiger partial charge in [-0.1, -0.05) is 0 Å². The van der Waals surface area contributed by atoms with Crippen molar-refractivity contribution in [2.24, 2.45) is 0 Å². The van der Waals surface area contributed by atoms with E-state index in [1.807, 2.05) is 12.1 Å². The average Bonchev–Trinajstić information content (AvgIpc) is 2.70. The van der Waals surface area contributed by atoms with E-state index in [0.29, 0.717) is 18.8 Å². The molecule has 0 saturated carbocycles. The quantitative estimate of drug-likeness (QED) is 0.464. The van der Waals surface area contributed by atoms with Crippen LogP contribution in [0.1, 0.15) is 10.4 Å². The lowest BCUT2D eigenvalue weighted by Crippen LogP contribution is -3.00. The minimum absolute atomic E-state index is 0. The number of halogens is 1. The Labute approximate surface area is 166 Å². The summed E-state index contributed by atoms with van der Waals surface area (Å²) >= 11 is 0. The van der Waals surface area contributed by atoms with Gasteiger partial charge in [-0.2, -0.15) is 0 Å². The zero-order valence-corrected chi connectivity index (χ0v) is 16.4. The van der Waals surface area contributed by atoms with Gasteiger partial charge < -0.3 is 31.4 Å². The van der Waals surface area contributed by atoms with E-state index in [0.717, 1.165) is 71.4 Å². The van der Waals surface area contributed by atoms with Crippen molar-refractivity contribution >= 4 is 5.97 Å². The summed E-state index contributed by atoms with van der Waals surface area (Å²) in [6.07, 6.45) is 0. The van der Waals surface area contributed by atoms with Crippen LogP contribution in [-0.2, 0) is 14.2 Å². The highest BCUT2D eigenvalue weighted by atomic mass is 35.5. The largest absolute Gasteiger partial charge is 1.00 e. The number of hydrogen-bond acceptors (Lipinski definition) is 7. The molecule has 152 valence electrons. The van der Waals surface area contributed by atoms with Crippen molar-refractivity contribution in [3.8, 4) is 5.75 Å². The second-order valence-corrected chi connectivity index (χ2v) is 6.42. The molecule has 0 bridgehead atoms. The molecule has 1 aromatic rings. The normalized spacial score (nSPS) is 18.5. The molecule has 8 heteroatoms. The number of hydrogen-bond donors (Lipinski definition) is 0. The van der Waals surface area contributed by atoms with Crippen LogP contribution in [0.5, 0.6) is 5.75 Å². The predicted octanol–water partition coefficient (Wildman–Crippen LogP) is -2.11. The lowest BCUT2D eigenvalue weighted by atomic mass is 10.2. The van der Waals surface area contributed by atoms with Crippen molar-refractivity contribution in [3.05, 3.63) is 29.8 Å². The van der Waals surface area contributed by atoms with Gasteiger partial charge in [0.05, 0.1) is 32.0 Å². The molecule has 0 unspecified atom stereocenters. The standard InChI is InChI=1S/C19H28N2O5.ClH/c22-19(26-16-10-21-7-13-24-14-8-21)17-1-3-18(4-2-17)25-15-9-20-5-11-23-12-6-20;/h1-4H,5-16H2;1H/p-1. The molecule has 7 nitrogen and oxygen atoms in total. The Morgan fingerprint density at radius 1 is 0.852 bits per heavy atom. The molecule has 0 amide bonds. The molecule has 1 aromatic carbocycles. The van der Waals surface area contributed by atoms with E-state index in [-0.39, 0.29) is 18.4 Å². The van der Waals surface area contributed by atoms with Gasteiger partial charge in [-0.15, -0.1) is 0 Å². The molecule has 27 heavy (non-hydrogen) atoms. The summed E-state index contributed by atoms with van der Waals surface area (Å²) in [5.41, 5.74) is 0.549. The van der Waals surface area contributed by atoms with E-state index >= 15 is 0 Å². The number of benzene rings is 1. The van der Waals surface area contributed by atoms with Crippen LogP contribution in [0.3, 0.4) is 0 Å². The third-order valence-electron chi connectivity index (χ3n) is 4.61. The molecule has 0 aliphatic carbocycles. The van der Waals surface area contributed by atoms with Gasteiger partial charge in [0.1, 0.15) is 19.0 Å². The third-order valence-corrected chi connectivity index (χ3v) is 4.61. The Kier molecular flexibility index (Phi) is 9.86. The summed E-state index contributed by atoms with van der Waals surface area (Å²) in [4.78, 5) is 16.7. The lowest BCUT2D eigenvalue weighted by Gasteiger charge is -2.26. The first kappa shape index (κ1) is 21.9. The fourth-order valence-corrected chi connectivity index (χ4v) is 2.98. The number of carbonyl (C=O) groups is 1. The van der Waals surface area contributed by atoms with Crippen LogP contribution in [0, 0.1) is 0 Å². The molecule has 3 rings (SSSR count). The monoisotopic (exact) mass is 399 g/mol. The van der Waals surface area contributed by atoms with Gasteiger partial charge in [0.25, 0.3) is 0 Å². The number of rotatable bonds is 8. The first-order chi connectivity index (χ1) is 12.8. The smallest absolute Gasteiger partial charge is 0.338 e. The topological polar surface area (TPSA) is 60.5 Å². The highest BCUT2D eigenvalue weighted by Crippen LogP contribution is 2.13. The Balaban J connectivity index is 0.00000261. The second-order valence-electron chi connectivity index (χ2n) is 6.42. The fourth-order valence-electron chi connectivity index (χ4n) is 2.98. The molecule has 2 aliphatic rings. The first-order valence-corrected chi connectivity index (χ1v) is 9.31. The molecule has 0 spiro atoms. The summed E-state index contributed by atoms with van der Waals surface area (Å²) in [5, 5.41) is 0. The minimum atomic E-state index is -0.293. The Morgan fingerprint density at radius 2 is 1.37 bits per heavy atom. The Bertz CT molecular complexity index is 546. The zero-order chi connectivity index (χ0) is 18.0. The molecule has 0 aromatic heterocycles. The van der Waals surface area contributed by atoms with E-state index in [2.05, 4.69) is 9.80 Å². The lowest BCUT2D eigenvalue weighted by molar-refractivity contribution is -0.0000413. The third kappa shape index (κ3) is 7.63. The molecular formula is C19H28ClN2O5-. The van der Waals surface area contributed by atoms with Gasteiger partial charge in [0, 0.05) is 39.3 Å². The zero-order valence-electron chi connectivity index (χ0n) is 15.6. The van der Waals surface area contributed by atoms with E-state index in [9.17, 15) is 4.79 Å². The van der Waals surface area contributed by atoms with Gasteiger partial charge in [-0.05, 0) is 24.3 Å². The molecule has 2 heterocycles. The Morgan fingerprint density at radius 3 is 1.93 bits per heavy atom. The summed E-state index contributed by atoms with van der Waals surface area (Å²) < 4.78 is 21.7. The molecule has 0 N–H and O–H groups in total. The molecule has 2 saturated heterocycles. The van der Waals surface area contributed by atoms with Gasteiger partial charge in [0.15, 0.2) is 0 Å². The van der Waals surface area contributed by atoms with Crippen molar-refractivity contribution in [1.82, 2.24) is 9.80 Å². The molecule has 2 fully saturated rings. The van der Waals surface area contributed by atoms with Crippen LogP contribution < -0.4 is 17.1 Å². The van der Waals surface area contributed by atoms with E-state index < -0.39 is 0 Å². The highest BCUT2D eigenvalue weighted by molar-refractivity contribution is 5.89. The maximum atomic E-state index is 12.1. The van der Waals surface area contributed by atoms with Crippen molar-refractivity contribution < 1.29 is 36.1 Å². The number of morpholine rings is 2. The van der Waals surface area contributed by atoms with Crippen LogP contribution in [0.4, 0.5) is 0 Å². The first-order valence-electron chi connectivity index (χ1n) is 9.31. The highest BCUT2D eigenvalue weighted by Gasteiger charge is 2.13. The van der Waals surface area contributed by atoms with Crippen LogP contribution in [0.25, 0.3) is 0 Å². The van der Waals surface area contributed by atoms with Crippen LogP contribution in [0.15, 0.2) is 24.3 Å². The predicted molar refractivity (Wildman–Crippen MR) is 96.7 cm³/mol. The maximum Gasteiger partial charge on any atom is 0.338 e. The van der Waals surface area contributed by atoms with E-state index in [1.54, 1.807) is 12.1 Å². The fraction of sp³-hybridized carbons (Fsp3) is 0.632. The summed E-state index contributed by atoms with van der Waals surface area (Å²) in [6, 6.07) is 7.14. The number of carbonyl (C=O) groups excluding carboxylic acids is 1. The van der Waals surface area contributed by atoms with Crippen LogP contribution in [-0.4, -0.2) is 94.7 Å².